The van der Waals surface area contributed by atoms with Crippen molar-refractivity contribution in [2.75, 3.05) is 11.4 Å². The fourth-order valence-corrected chi connectivity index (χ4v) is 5.18. The van der Waals surface area contributed by atoms with Gasteiger partial charge >= 0.3 is 6.18 Å². The van der Waals surface area contributed by atoms with E-state index in [0.29, 0.717) is 34.5 Å². The standard InChI is InChI=1S/C25H27Cl2F3N4O3/c1-24(2,37-20-9-15(26)4-7-19(20)27)23(36)33-16-10-17-5-6-18(11-16)34(17)21-8-3-14(12-31-21)22(35)32-13-25(28,29)30/h3-4,7-9,12,16-18H,5-6,10-11,13H2,1-2H3,(H,32,35)(H,33,36). The van der Waals surface area contributed by atoms with Crippen LogP contribution in [0.3, 0.4) is 0 Å². The van der Waals surface area contributed by atoms with Crippen molar-refractivity contribution in [2.24, 2.45) is 0 Å². The summed E-state index contributed by atoms with van der Waals surface area (Å²) in [4.78, 5) is 31.6. The zero-order valence-corrected chi connectivity index (χ0v) is 21.8. The minimum absolute atomic E-state index is 0.0598. The van der Waals surface area contributed by atoms with Crippen molar-refractivity contribution in [2.45, 2.75) is 69.4 Å². The summed E-state index contributed by atoms with van der Waals surface area (Å²) in [6.45, 7) is 1.93. The molecule has 0 radical (unpaired) electrons. The van der Waals surface area contributed by atoms with Crippen LogP contribution in [0.5, 0.6) is 5.75 Å². The van der Waals surface area contributed by atoms with Crippen molar-refractivity contribution < 1.29 is 27.5 Å². The summed E-state index contributed by atoms with van der Waals surface area (Å²) in [6.07, 6.45) is 0.0490. The van der Waals surface area contributed by atoms with Gasteiger partial charge in [-0.05, 0) is 63.8 Å². The Labute approximate surface area is 222 Å². The molecule has 0 saturated carbocycles. The molecule has 12 heteroatoms. The number of nitrogens with one attached hydrogen (secondary N) is 2. The number of benzene rings is 1. The molecule has 2 unspecified atom stereocenters. The van der Waals surface area contributed by atoms with Crippen LogP contribution in [0.25, 0.3) is 0 Å². The topological polar surface area (TPSA) is 83.6 Å². The number of alkyl halides is 3. The van der Waals surface area contributed by atoms with E-state index >= 15 is 0 Å². The van der Waals surface area contributed by atoms with Crippen molar-refractivity contribution >= 4 is 40.8 Å². The minimum atomic E-state index is -4.48. The van der Waals surface area contributed by atoms with Crippen molar-refractivity contribution in [1.29, 1.82) is 0 Å². The summed E-state index contributed by atoms with van der Waals surface area (Å²) in [5.41, 5.74) is -1.13. The minimum Gasteiger partial charge on any atom is -0.476 e. The molecule has 37 heavy (non-hydrogen) atoms. The molecule has 7 nitrogen and oxygen atoms in total. The molecular weight excluding hydrogens is 532 g/mol. The molecule has 1 aromatic carbocycles. The summed E-state index contributed by atoms with van der Waals surface area (Å²) in [5, 5.41) is 5.75. The van der Waals surface area contributed by atoms with Gasteiger partial charge in [-0.1, -0.05) is 23.2 Å². The summed E-state index contributed by atoms with van der Waals surface area (Å²) in [7, 11) is 0. The van der Waals surface area contributed by atoms with Gasteiger partial charge in [0.25, 0.3) is 11.8 Å². The van der Waals surface area contributed by atoms with Gasteiger partial charge in [0, 0.05) is 35.4 Å². The number of amides is 2. The highest BCUT2D eigenvalue weighted by atomic mass is 35.5. The van der Waals surface area contributed by atoms with E-state index in [2.05, 4.69) is 15.2 Å². The third kappa shape index (κ3) is 6.59. The zero-order chi connectivity index (χ0) is 27.0. The number of pyridine rings is 1. The number of anilines is 1. The molecule has 0 spiro atoms. The predicted octanol–water partition coefficient (Wildman–Crippen LogP) is 5.15. The van der Waals surface area contributed by atoms with Crippen molar-refractivity contribution in [3.05, 3.63) is 52.1 Å². The fourth-order valence-electron chi connectivity index (χ4n) is 4.86. The largest absolute Gasteiger partial charge is 0.476 e. The molecule has 2 atom stereocenters. The number of carbonyl (C=O) groups excluding carboxylic acids is 2. The number of ether oxygens (including phenoxy) is 1. The van der Waals surface area contributed by atoms with E-state index in [1.54, 1.807) is 38.1 Å². The van der Waals surface area contributed by atoms with Crippen LogP contribution in [-0.2, 0) is 4.79 Å². The van der Waals surface area contributed by atoms with Crippen LogP contribution >= 0.6 is 23.2 Å². The number of hydrogen-bond donors (Lipinski definition) is 2. The molecule has 200 valence electrons. The Kier molecular flexibility index (Phi) is 7.80. The summed E-state index contributed by atoms with van der Waals surface area (Å²) >= 11 is 12.2. The van der Waals surface area contributed by atoms with Gasteiger partial charge < -0.3 is 20.3 Å². The van der Waals surface area contributed by atoms with Gasteiger partial charge in [0.15, 0.2) is 5.60 Å². The quantitative estimate of drug-likeness (QED) is 0.490. The lowest BCUT2D eigenvalue weighted by Crippen LogP contribution is -2.55. The normalized spacial score (nSPS) is 21.5. The maximum atomic E-state index is 13.1. The molecule has 2 bridgehead atoms. The van der Waals surface area contributed by atoms with E-state index in [9.17, 15) is 22.8 Å². The molecule has 1 aromatic heterocycles. The molecule has 2 fully saturated rings. The number of piperidine rings is 1. The molecule has 2 aromatic rings. The maximum absolute atomic E-state index is 13.1. The van der Waals surface area contributed by atoms with Crippen molar-refractivity contribution in [1.82, 2.24) is 15.6 Å². The van der Waals surface area contributed by atoms with Crippen LogP contribution in [0.4, 0.5) is 19.0 Å². The first-order valence-electron chi connectivity index (χ1n) is 11.9. The number of rotatable bonds is 7. The molecule has 2 amide bonds. The van der Waals surface area contributed by atoms with Gasteiger partial charge in [-0.15, -0.1) is 0 Å². The summed E-state index contributed by atoms with van der Waals surface area (Å²) in [6, 6.07) is 8.14. The molecule has 2 saturated heterocycles. The fraction of sp³-hybridized carbons (Fsp3) is 0.480. The van der Waals surface area contributed by atoms with Gasteiger partial charge in [0.05, 0.1) is 10.6 Å². The first kappa shape index (κ1) is 27.3. The Morgan fingerprint density at radius 2 is 1.78 bits per heavy atom. The Bertz CT molecular complexity index is 1150. The van der Waals surface area contributed by atoms with Crippen LogP contribution < -0.4 is 20.3 Å². The Balaban J connectivity index is 1.36. The smallest absolute Gasteiger partial charge is 0.405 e. The molecular formula is C25H27Cl2F3N4O3. The van der Waals surface area contributed by atoms with E-state index in [0.717, 1.165) is 12.8 Å². The van der Waals surface area contributed by atoms with Crippen molar-refractivity contribution in [3.63, 3.8) is 0 Å². The molecule has 2 aliphatic heterocycles. The molecule has 2 N–H and O–H groups in total. The second-order valence-corrected chi connectivity index (χ2v) is 10.7. The average Bonchev–Trinajstić information content (AvgIpc) is 3.09. The third-order valence-corrected chi connectivity index (χ3v) is 7.14. The lowest BCUT2D eigenvalue weighted by molar-refractivity contribution is -0.135. The van der Waals surface area contributed by atoms with Gasteiger partial charge in [-0.25, -0.2) is 4.98 Å². The number of carbonyl (C=O) groups is 2. The Morgan fingerprint density at radius 3 is 2.38 bits per heavy atom. The Morgan fingerprint density at radius 1 is 1.11 bits per heavy atom. The van der Waals surface area contributed by atoms with Gasteiger partial charge in [0.2, 0.25) is 0 Å². The van der Waals surface area contributed by atoms with Crippen LogP contribution in [0.1, 0.15) is 49.9 Å². The second kappa shape index (κ2) is 10.6. The SMILES string of the molecule is CC(C)(Oc1cc(Cl)ccc1Cl)C(=O)NC1CC2CCC(C1)N2c1ccc(C(=O)NCC(F)(F)F)cn1. The highest BCUT2D eigenvalue weighted by Gasteiger charge is 2.43. The number of halogens is 5. The molecule has 4 rings (SSSR count). The van der Waals surface area contributed by atoms with Crippen LogP contribution in [0.2, 0.25) is 10.0 Å². The van der Waals surface area contributed by atoms with Crippen LogP contribution in [-0.4, -0.2) is 53.2 Å². The predicted molar refractivity (Wildman–Crippen MR) is 134 cm³/mol. The van der Waals surface area contributed by atoms with Gasteiger partial charge in [-0.2, -0.15) is 13.2 Å². The average molecular weight is 559 g/mol. The van der Waals surface area contributed by atoms with E-state index in [1.165, 1.54) is 12.3 Å². The highest BCUT2D eigenvalue weighted by molar-refractivity contribution is 6.34. The Hall–Kier alpha value is -2.72. The van der Waals surface area contributed by atoms with E-state index < -0.39 is 24.2 Å². The summed E-state index contributed by atoms with van der Waals surface area (Å²) in [5.74, 6) is -0.117. The second-order valence-electron chi connectivity index (χ2n) is 9.82. The van der Waals surface area contributed by atoms with E-state index in [4.69, 9.17) is 27.9 Å². The number of hydrogen-bond acceptors (Lipinski definition) is 5. The van der Waals surface area contributed by atoms with E-state index in [-0.39, 0.29) is 29.6 Å². The maximum Gasteiger partial charge on any atom is 0.405 e. The monoisotopic (exact) mass is 558 g/mol. The third-order valence-electron chi connectivity index (χ3n) is 6.60. The lowest BCUT2D eigenvalue weighted by atomic mass is 9.96. The van der Waals surface area contributed by atoms with Gasteiger partial charge in [0.1, 0.15) is 18.1 Å². The first-order valence-corrected chi connectivity index (χ1v) is 12.6. The van der Waals surface area contributed by atoms with Crippen LogP contribution in [0, 0.1) is 0 Å². The zero-order valence-electron chi connectivity index (χ0n) is 20.2. The van der Waals surface area contributed by atoms with E-state index in [1.807, 2.05) is 5.32 Å². The highest BCUT2D eigenvalue weighted by Crippen LogP contribution is 2.39. The number of nitrogens with zero attached hydrogens (tertiary/aromatic N) is 2. The molecule has 0 aliphatic carbocycles. The molecule has 3 heterocycles. The summed E-state index contributed by atoms with van der Waals surface area (Å²) < 4.78 is 43.0. The number of fused-ring (bicyclic) bond motifs is 2. The van der Waals surface area contributed by atoms with Crippen molar-refractivity contribution in [3.8, 4) is 5.75 Å². The van der Waals surface area contributed by atoms with Gasteiger partial charge in [-0.3, -0.25) is 9.59 Å². The first-order chi connectivity index (χ1) is 17.3. The number of aromatic nitrogens is 1. The molecule has 2 aliphatic rings. The van der Waals surface area contributed by atoms with Crippen LogP contribution in [0.15, 0.2) is 36.5 Å². The lowest BCUT2D eigenvalue weighted by Gasteiger charge is -2.40.